The molecular weight excluding hydrogens is 582 g/mol. The van der Waals surface area contributed by atoms with Gasteiger partial charge in [0.1, 0.15) is 0 Å². The van der Waals surface area contributed by atoms with E-state index in [4.69, 9.17) is 11.6 Å². The molecule has 10 heteroatoms. The Labute approximate surface area is 259 Å². The van der Waals surface area contributed by atoms with Crippen molar-refractivity contribution in [1.82, 2.24) is 9.47 Å². The van der Waals surface area contributed by atoms with Crippen LogP contribution in [0.1, 0.15) is 38.1 Å². The minimum atomic E-state index is -0.191. The molecule has 43 heavy (non-hydrogen) atoms. The fourth-order valence-electron chi connectivity index (χ4n) is 6.77. The molecule has 220 valence electrons. The third kappa shape index (κ3) is 5.43. The largest absolute Gasteiger partial charge is 0.369 e. The number of anilines is 3. The Balaban J connectivity index is 1.14. The van der Waals surface area contributed by atoms with E-state index in [2.05, 4.69) is 21.2 Å². The number of nitrogens with one attached hydrogen (secondary N) is 1. The van der Waals surface area contributed by atoms with Crippen molar-refractivity contribution in [3.05, 3.63) is 110 Å². The van der Waals surface area contributed by atoms with Gasteiger partial charge >= 0.3 is 0 Å². The quantitative estimate of drug-likeness (QED) is 0.326. The SMILES string of the molecule is O=C(Nc1cc(C(=O)N2CCN(c3ccccc3Cl)CC2)ccc1N1CC2CC(C1)c1cccc(=O)n1C2)c1cccs1. The molecular formula is C33H32ClN5O3S. The van der Waals surface area contributed by atoms with Gasteiger partial charge in [-0.05, 0) is 60.2 Å². The smallest absolute Gasteiger partial charge is 0.265 e. The van der Waals surface area contributed by atoms with Gasteiger partial charge in [0, 0.05) is 69.1 Å². The summed E-state index contributed by atoms with van der Waals surface area (Å²) in [6, 6.07) is 22.6. The summed E-state index contributed by atoms with van der Waals surface area (Å²) in [5.41, 5.74) is 4.18. The van der Waals surface area contributed by atoms with Crippen molar-refractivity contribution in [3.8, 4) is 0 Å². The topological polar surface area (TPSA) is 77.9 Å². The van der Waals surface area contributed by atoms with Gasteiger partial charge in [0.2, 0.25) is 0 Å². The van der Waals surface area contributed by atoms with E-state index in [1.165, 1.54) is 11.3 Å². The molecule has 0 aliphatic carbocycles. The molecule has 2 aromatic heterocycles. The molecule has 2 saturated heterocycles. The van der Waals surface area contributed by atoms with Crippen LogP contribution >= 0.6 is 22.9 Å². The molecule has 2 atom stereocenters. The number of carbonyl (C=O) groups is 2. The molecule has 8 nitrogen and oxygen atoms in total. The Hall–Kier alpha value is -4.08. The average molecular weight is 614 g/mol. The van der Waals surface area contributed by atoms with Crippen LogP contribution < -0.4 is 20.7 Å². The van der Waals surface area contributed by atoms with E-state index in [1.54, 1.807) is 12.1 Å². The van der Waals surface area contributed by atoms with Crippen molar-refractivity contribution in [1.29, 1.82) is 0 Å². The Morgan fingerprint density at radius 1 is 0.837 bits per heavy atom. The second kappa shape index (κ2) is 11.5. The van der Waals surface area contributed by atoms with Gasteiger partial charge in [-0.2, -0.15) is 0 Å². The summed E-state index contributed by atoms with van der Waals surface area (Å²) in [4.78, 5) is 46.5. The number of pyridine rings is 1. The van der Waals surface area contributed by atoms with E-state index in [9.17, 15) is 14.4 Å². The lowest BCUT2D eigenvalue weighted by atomic mass is 9.83. The molecule has 2 bridgehead atoms. The van der Waals surface area contributed by atoms with Crippen LogP contribution in [-0.2, 0) is 6.54 Å². The van der Waals surface area contributed by atoms with Gasteiger partial charge in [0.15, 0.2) is 0 Å². The molecule has 2 fully saturated rings. The second-order valence-corrected chi connectivity index (χ2v) is 12.9. The molecule has 5 heterocycles. The number of para-hydroxylation sites is 1. The van der Waals surface area contributed by atoms with Crippen molar-refractivity contribution in [3.63, 3.8) is 0 Å². The highest BCUT2D eigenvalue weighted by Crippen LogP contribution is 2.39. The Morgan fingerprint density at radius 2 is 1.67 bits per heavy atom. The molecule has 2 amide bonds. The lowest BCUT2D eigenvalue weighted by Gasteiger charge is -2.44. The lowest BCUT2D eigenvalue weighted by Crippen LogP contribution is -2.49. The van der Waals surface area contributed by atoms with Gasteiger partial charge < -0.3 is 24.6 Å². The van der Waals surface area contributed by atoms with Crippen molar-refractivity contribution in [2.75, 3.05) is 54.4 Å². The van der Waals surface area contributed by atoms with E-state index < -0.39 is 0 Å². The second-order valence-electron chi connectivity index (χ2n) is 11.5. The van der Waals surface area contributed by atoms with Gasteiger partial charge in [0.25, 0.3) is 17.4 Å². The summed E-state index contributed by atoms with van der Waals surface area (Å²) in [6.45, 7) is 4.74. The first-order valence-corrected chi connectivity index (χ1v) is 15.9. The molecule has 2 unspecified atom stereocenters. The molecule has 7 rings (SSSR count). The number of benzene rings is 2. The van der Waals surface area contributed by atoms with Crippen LogP contribution in [0.25, 0.3) is 0 Å². The summed E-state index contributed by atoms with van der Waals surface area (Å²) in [6.07, 6.45) is 1.04. The fourth-order valence-corrected chi connectivity index (χ4v) is 7.65. The number of piperazine rings is 1. The van der Waals surface area contributed by atoms with Crippen LogP contribution in [0, 0.1) is 5.92 Å². The zero-order chi connectivity index (χ0) is 29.5. The predicted octanol–water partition coefficient (Wildman–Crippen LogP) is 5.40. The van der Waals surface area contributed by atoms with Gasteiger partial charge in [-0.25, -0.2) is 0 Å². The molecule has 0 radical (unpaired) electrons. The van der Waals surface area contributed by atoms with E-state index in [-0.39, 0.29) is 23.3 Å². The van der Waals surface area contributed by atoms with Crippen LogP contribution in [0.3, 0.4) is 0 Å². The van der Waals surface area contributed by atoms with Crippen LogP contribution in [-0.4, -0.2) is 60.5 Å². The van der Waals surface area contributed by atoms with Gasteiger partial charge in [-0.1, -0.05) is 35.9 Å². The predicted molar refractivity (Wildman–Crippen MR) is 172 cm³/mol. The number of aromatic nitrogens is 1. The number of amides is 2. The normalized spacial score (nSPS) is 19.6. The van der Waals surface area contributed by atoms with Crippen LogP contribution in [0.2, 0.25) is 5.02 Å². The third-order valence-corrected chi connectivity index (χ3v) is 10.0. The summed E-state index contributed by atoms with van der Waals surface area (Å²) < 4.78 is 1.92. The first-order chi connectivity index (χ1) is 20.9. The van der Waals surface area contributed by atoms with Gasteiger partial charge in [-0.15, -0.1) is 11.3 Å². The van der Waals surface area contributed by atoms with E-state index >= 15 is 0 Å². The highest BCUT2D eigenvalue weighted by Gasteiger charge is 2.35. The van der Waals surface area contributed by atoms with E-state index in [0.717, 1.165) is 36.6 Å². The zero-order valence-electron chi connectivity index (χ0n) is 23.6. The molecule has 4 aromatic rings. The molecule has 3 aliphatic heterocycles. The number of fused-ring (bicyclic) bond motifs is 4. The lowest BCUT2D eigenvalue weighted by molar-refractivity contribution is 0.0746. The zero-order valence-corrected chi connectivity index (χ0v) is 25.2. The first-order valence-electron chi connectivity index (χ1n) is 14.7. The van der Waals surface area contributed by atoms with Crippen molar-refractivity contribution >= 4 is 51.8 Å². The molecule has 0 spiro atoms. The number of carbonyl (C=O) groups excluding carboxylic acids is 2. The molecule has 2 aromatic carbocycles. The first kappa shape index (κ1) is 27.7. The molecule has 1 N–H and O–H groups in total. The van der Waals surface area contributed by atoms with Crippen molar-refractivity contribution in [2.45, 2.75) is 18.9 Å². The minimum Gasteiger partial charge on any atom is -0.369 e. The third-order valence-electron chi connectivity index (χ3n) is 8.82. The number of piperidine rings is 1. The average Bonchev–Trinajstić information content (AvgIpc) is 3.57. The monoisotopic (exact) mass is 613 g/mol. The number of rotatable bonds is 5. The minimum absolute atomic E-state index is 0.0548. The fraction of sp³-hybridized carbons (Fsp3) is 0.303. The van der Waals surface area contributed by atoms with Gasteiger partial charge in [-0.3, -0.25) is 14.4 Å². The van der Waals surface area contributed by atoms with Crippen LogP contribution in [0.4, 0.5) is 17.1 Å². The van der Waals surface area contributed by atoms with Crippen LogP contribution in [0.5, 0.6) is 0 Å². The molecule has 3 aliphatic rings. The van der Waals surface area contributed by atoms with E-state index in [1.807, 2.05) is 69.4 Å². The summed E-state index contributed by atoms with van der Waals surface area (Å²) >= 11 is 7.80. The Bertz CT molecular complexity index is 1730. The standard InChI is InChI=1S/C33H32ClN5O3S/c34-25-5-1-2-6-28(25)36-12-14-37(15-13-36)33(42)23-10-11-29(26(18-23)35-32(41)30-8-4-16-43-30)38-19-22-17-24(21-38)27-7-3-9-31(40)39(27)20-22/h1-11,16,18,22,24H,12-15,17,19-21H2,(H,35,41). The van der Waals surface area contributed by atoms with Crippen molar-refractivity contribution in [2.24, 2.45) is 5.92 Å². The van der Waals surface area contributed by atoms with E-state index in [0.29, 0.717) is 59.8 Å². The number of nitrogens with zero attached hydrogens (tertiary/aromatic N) is 4. The Morgan fingerprint density at radius 3 is 2.47 bits per heavy atom. The number of hydrogen-bond donors (Lipinski definition) is 1. The Kier molecular flexibility index (Phi) is 7.44. The van der Waals surface area contributed by atoms with Crippen molar-refractivity contribution < 1.29 is 9.59 Å². The highest BCUT2D eigenvalue weighted by atomic mass is 35.5. The number of halogens is 1. The number of thiophene rings is 1. The van der Waals surface area contributed by atoms with Crippen LogP contribution in [0.15, 0.2) is 83.0 Å². The summed E-state index contributed by atoms with van der Waals surface area (Å²) in [5, 5.41) is 5.71. The number of hydrogen-bond acceptors (Lipinski definition) is 6. The maximum Gasteiger partial charge on any atom is 0.265 e. The maximum absolute atomic E-state index is 13.7. The van der Waals surface area contributed by atoms with Gasteiger partial charge in [0.05, 0.1) is 27.0 Å². The maximum atomic E-state index is 13.7. The summed E-state index contributed by atoms with van der Waals surface area (Å²) in [5.74, 6) is 0.296. The summed E-state index contributed by atoms with van der Waals surface area (Å²) in [7, 11) is 0. The highest BCUT2D eigenvalue weighted by molar-refractivity contribution is 7.12. The molecule has 0 saturated carbocycles.